The van der Waals surface area contributed by atoms with Gasteiger partial charge in [-0.2, -0.15) is 0 Å². The normalized spacial score (nSPS) is 15.2. The van der Waals surface area contributed by atoms with E-state index in [2.05, 4.69) is 30.1 Å². The summed E-state index contributed by atoms with van der Waals surface area (Å²) in [5.74, 6) is 1.35. The summed E-state index contributed by atoms with van der Waals surface area (Å²) < 4.78 is 6.13. The number of hydrogen-bond donors (Lipinski definition) is 1. The fourth-order valence-corrected chi connectivity index (χ4v) is 4.39. The Morgan fingerprint density at radius 1 is 1.47 bits per heavy atom. The van der Waals surface area contributed by atoms with Crippen LogP contribution in [-0.4, -0.2) is 61.1 Å². The summed E-state index contributed by atoms with van der Waals surface area (Å²) in [5, 5.41) is 3.02. The predicted molar refractivity (Wildman–Crippen MR) is 77.7 cm³/mol. The summed E-state index contributed by atoms with van der Waals surface area (Å²) >= 11 is -2.29. The molecule has 0 fully saturated rings. The Kier molecular flexibility index (Phi) is 4.29. The van der Waals surface area contributed by atoms with Crippen molar-refractivity contribution in [2.75, 3.05) is 37.0 Å². The first-order valence-electron chi connectivity index (χ1n) is 6.34. The Labute approximate surface area is 117 Å². The van der Waals surface area contributed by atoms with E-state index in [9.17, 15) is 4.79 Å². The summed E-state index contributed by atoms with van der Waals surface area (Å²) in [6.45, 7) is 1.28. The second-order valence-electron chi connectivity index (χ2n) is 5.57. The molecule has 0 unspecified atom stereocenters. The van der Waals surface area contributed by atoms with Gasteiger partial charge >= 0.3 is 117 Å². The minimum atomic E-state index is -2.29. The summed E-state index contributed by atoms with van der Waals surface area (Å²) in [7, 11) is 1.63. The fraction of sp³-hybridized carbons (Fsp3) is 0.583. The molecule has 2 rings (SSSR count). The zero-order valence-electron chi connectivity index (χ0n) is 11.9. The van der Waals surface area contributed by atoms with Gasteiger partial charge < -0.3 is 0 Å². The zero-order valence-corrected chi connectivity index (χ0v) is 14.7. The molecule has 1 aliphatic heterocycles. The summed E-state index contributed by atoms with van der Waals surface area (Å²) in [5.41, 5.74) is 0. The Morgan fingerprint density at radius 2 is 2.21 bits per heavy atom. The number of fused-ring (bicyclic) bond motifs is 1. The van der Waals surface area contributed by atoms with Crippen molar-refractivity contribution in [3.63, 3.8) is 0 Å². The Morgan fingerprint density at radius 3 is 2.84 bits per heavy atom. The SMILES string of the molecule is COCCN1C(=O)CNc2nc[c]([Sn]([CH3])([CH3])[CH3])nc21. The van der Waals surface area contributed by atoms with Crippen LogP contribution in [0, 0.1) is 0 Å². The topological polar surface area (TPSA) is 67.3 Å². The van der Waals surface area contributed by atoms with Crippen LogP contribution in [-0.2, 0) is 9.53 Å². The molecule has 0 saturated carbocycles. The maximum atomic E-state index is 12.0. The molecular formula is C12H20N4O2Sn. The van der Waals surface area contributed by atoms with E-state index in [1.807, 2.05) is 6.20 Å². The summed E-state index contributed by atoms with van der Waals surface area (Å²) in [6, 6.07) is 0. The number of methoxy groups -OCH3 is 1. The molecule has 2 heterocycles. The molecule has 6 nitrogen and oxygen atoms in total. The van der Waals surface area contributed by atoms with Gasteiger partial charge in [-0.15, -0.1) is 0 Å². The molecule has 1 aromatic rings. The van der Waals surface area contributed by atoms with Crippen molar-refractivity contribution < 1.29 is 9.53 Å². The van der Waals surface area contributed by atoms with Gasteiger partial charge in [-0.25, -0.2) is 0 Å². The maximum absolute atomic E-state index is 12.0. The van der Waals surface area contributed by atoms with Crippen LogP contribution in [0.25, 0.3) is 0 Å². The molecule has 0 radical (unpaired) electrons. The van der Waals surface area contributed by atoms with Crippen LogP contribution < -0.4 is 13.9 Å². The monoisotopic (exact) mass is 372 g/mol. The van der Waals surface area contributed by atoms with Gasteiger partial charge in [0.05, 0.1) is 0 Å². The molecule has 1 aromatic heterocycles. The molecule has 0 aliphatic carbocycles. The first-order valence-corrected chi connectivity index (χ1v) is 16.3. The second kappa shape index (κ2) is 5.62. The summed E-state index contributed by atoms with van der Waals surface area (Å²) in [4.78, 5) is 29.6. The number of amides is 1. The Balaban J connectivity index is 2.38. The van der Waals surface area contributed by atoms with Crippen molar-refractivity contribution in [1.82, 2.24) is 9.97 Å². The van der Waals surface area contributed by atoms with E-state index < -0.39 is 18.4 Å². The van der Waals surface area contributed by atoms with Crippen LogP contribution in [0.4, 0.5) is 11.6 Å². The van der Waals surface area contributed by atoms with Gasteiger partial charge in [-0.1, -0.05) is 0 Å². The van der Waals surface area contributed by atoms with E-state index in [-0.39, 0.29) is 12.5 Å². The third kappa shape index (κ3) is 3.17. The number of carbonyl (C=O) groups is 1. The third-order valence-electron chi connectivity index (χ3n) is 3.01. The first kappa shape index (κ1) is 14.5. The number of hydrogen-bond acceptors (Lipinski definition) is 5. The van der Waals surface area contributed by atoms with E-state index in [0.717, 1.165) is 3.71 Å². The van der Waals surface area contributed by atoms with Crippen molar-refractivity contribution in [3.8, 4) is 0 Å². The van der Waals surface area contributed by atoms with Gasteiger partial charge in [-0.05, 0) is 0 Å². The average molecular weight is 371 g/mol. The predicted octanol–water partition coefficient (Wildman–Crippen LogP) is 0.427. The van der Waals surface area contributed by atoms with Crippen molar-refractivity contribution in [2.24, 2.45) is 0 Å². The fourth-order valence-electron chi connectivity index (χ4n) is 1.84. The summed E-state index contributed by atoms with van der Waals surface area (Å²) in [6.07, 6.45) is 1.85. The van der Waals surface area contributed by atoms with Crippen molar-refractivity contribution in [3.05, 3.63) is 6.20 Å². The Hall–Kier alpha value is -0.891. The molecular weight excluding hydrogens is 351 g/mol. The molecule has 0 spiro atoms. The number of anilines is 2. The minimum absolute atomic E-state index is 0.0140. The molecule has 0 bridgehead atoms. The number of nitrogens with one attached hydrogen (secondary N) is 1. The number of aromatic nitrogens is 2. The van der Waals surface area contributed by atoms with Crippen molar-refractivity contribution >= 4 is 39.6 Å². The first-order chi connectivity index (χ1) is 8.93. The van der Waals surface area contributed by atoms with E-state index in [1.54, 1.807) is 12.0 Å². The molecule has 0 atom stereocenters. The van der Waals surface area contributed by atoms with Crippen LogP contribution in [0.5, 0.6) is 0 Å². The average Bonchev–Trinajstić information content (AvgIpc) is 2.36. The molecule has 7 heteroatoms. The van der Waals surface area contributed by atoms with Crippen LogP contribution in [0.3, 0.4) is 0 Å². The van der Waals surface area contributed by atoms with E-state index >= 15 is 0 Å². The number of carbonyl (C=O) groups excluding carboxylic acids is 1. The van der Waals surface area contributed by atoms with Crippen molar-refractivity contribution in [2.45, 2.75) is 14.8 Å². The number of nitrogens with zero attached hydrogens (tertiary/aromatic N) is 3. The second-order valence-corrected chi connectivity index (χ2v) is 19.9. The van der Waals surface area contributed by atoms with Gasteiger partial charge in [0, 0.05) is 0 Å². The molecule has 0 saturated heterocycles. The van der Waals surface area contributed by atoms with Crippen LogP contribution in [0.15, 0.2) is 6.20 Å². The van der Waals surface area contributed by atoms with E-state index in [0.29, 0.717) is 24.8 Å². The number of rotatable bonds is 4. The number of ether oxygens (including phenoxy) is 1. The van der Waals surface area contributed by atoms with Crippen LogP contribution in [0.1, 0.15) is 0 Å². The zero-order chi connectivity index (χ0) is 14.0. The van der Waals surface area contributed by atoms with Crippen LogP contribution >= 0.6 is 0 Å². The quantitative estimate of drug-likeness (QED) is 0.778. The molecule has 0 aromatic carbocycles. The molecule has 19 heavy (non-hydrogen) atoms. The van der Waals surface area contributed by atoms with Gasteiger partial charge in [0.2, 0.25) is 0 Å². The van der Waals surface area contributed by atoms with Crippen molar-refractivity contribution in [1.29, 1.82) is 0 Å². The molecule has 104 valence electrons. The van der Waals surface area contributed by atoms with Gasteiger partial charge in [0.1, 0.15) is 0 Å². The van der Waals surface area contributed by atoms with Gasteiger partial charge in [0.15, 0.2) is 0 Å². The van der Waals surface area contributed by atoms with E-state index in [1.165, 1.54) is 0 Å². The van der Waals surface area contributed by atoms with Gasteiger partial charge in [0.25, 0.3) is 0 Å². The molecule has 1 N–H and O–H groups in total. The molecule has 1 amide bonds. The molecule has 1 aliphatic rings. The Bertz CT molecular complexity index is 487. The standard InChI is InChI=1S/C9H11N4O2.3CH3.Sn/c1-15-5-4-13-7(14)6-12-8-9(13)11-3-2-10-8;;;;/h2H,4-6H2,1H3,(H,10,12);3*1H3;. The van der Waals surface area contributed by atoms with Gasteiger partial charge in [-0.3, -0.25) is 0 Å². The van der Waals surface area contributed by atoms with E-state index in [4.69, 9.17) is 4.74 Å². The third-order valence-corrected chi connectivity index (χ3v) is 8.08. The van der Waals surface area contributed by atoms with Crippen LogP contribution in [0.2, 0.25) is 14.8 Å².